The first kappa shape index (κ1) is 17.5. The van der Waals surface area contributed by atoms with E-state index in [2.05, 4.69) is 20.3 Å². The molecule has 0 saturated carbocycles. The molecule has 1 N–H and O–H groups in total. The molecule has 0 unspecified atom stereocenters. The molecular weight excluding hydrogens is 326 g/mol. The number of nitrogens with one attached hydrogen (secondary N) is 1. The van der Waals surface area contributed by atoms with Gasteiger partial charge in [0.2, 0.25) is 5.95 Å². The number of carbonyl (C=O) groups is 1. The predicted molar refractivity (Wildman–Crippen MR) is 101 cm³/mol. The fraction of sp³-hybridized carbons (Fsp3) is 0.200. The van der Waals surface area contributed by atoms with Crippen molar-refractivity contribution >= 4 is 17.5 Å². The average Bonchev–Trinajstić information content (AvgIpc) is 2.66. The quantitative estimate of drug-likeness (QED) is 0.741. The van der Waals surface area contributed by atoms with Crippen LogP contribution in [0.2, 0.25) is 0 Å². The maximum absolute atomic E-state index is 12.7. The number of likely N-dealkylation sites (N-methyl/N-ethyl adjacent to an activating group) is 1. The summed E-state index contributed by atoms with van der Waals surface area (Å²) in [4.78, 5) is 27.1. The predicted octanol–water partition coefficient (Wildman–Crippen LogP) is 3.24. The Morgan fingerprint density at radius 2 is 1.81 bits per heavy atom. The number of hydrogen-bond acceptors (Lipinski definition) is 5. The topological polar surface area (TPSA) is 71.0 Å². The van der Waals surface area contributed by atoms with Gasteiger partial charge in [-0.05, 0) is 49.2 Å². The third-order valence-corrected chi connectivity index (χ3v) is 3.94. The van der Waals surface area contributed by atoms with Crippen LogP contribution in [0, 0.1) is 6.92 Å². The van der Waals surface area contributed by atoms with Crippen LogP contribution in [-0.2, 0) is 6.42 Å². The van der Waals surface area contributed by atoms with Crippen molar-refractivity contribution in [3.63, 3.8) is 0 Å². The minimum atomic E-state index is -0.124. The molecule has 2 aromatic heterocycles. The number of rotatable bonds is 6. The molecule has 0 saturated heterocycles. The lowest BCUT2D eigenvalue weighted by molar-refractivity contribution is 0.0790. The lowest BCUT2D eigenvalue weighted by Crippen LogP contribution is -2.30. The molecule has 3 aromatic rings. The van der Waals surface area contributed by atoms with E-state index in [9.17, 15) is 4.79 Å². The van der Waals surface area contributed by atoms with Gasteiger partial charge < -0.3 is 10.2 Å². The molecule has 0 fully saturated rings. The lowest BCUT2D eigenvalue weighted by Gasteiger charge is -2.17. The van der Waals surface area contributed by atoms with E-state index in [4.69, 9.17) is 0 Å². The lowest BCUT2D eigenvalue weighted by atomic mass is 10.2. The smallest absolute Gasteiger partial charge is 0.272 e. The summed E-state index contributed by atoms with van der Waals surface area (Å²) in [6.07, 6.45) is 4.28. The molecule has 0 bridgehead atoms. The average molecular weight is 347 g/mol. The number of amides is 1. The highest BCUT2D eigenvalue weighted by molar-refractivity contribution is 5.92. The Morgan fingerprint density at radius 3 is 2.54 bits per heavy atom. The van der Waals surface area contributed by atoms with Gasteiger partial charge in [0.1, 0.15) is 5.69 Å². The fourth-order valence-electron chi connectivity index (χ4n) is 2.53. The molecule has 1 amide bonds. The molecule has 0 atom stereocenters. The van der Waals surface area contributed by atoms with Gasteiger partial charge in [0.25, 0.3) is 5.91 Å². The second kappa shape index (κ2) is 8.20. The van der Waals surface area contributed by atoms with Crippen LogP contribution in [0.1, 0.15) is 21.7 Å². The van der Waals surface area contributed by atoms with Gasteiger partial charge in [-0.25, -0.2) is 9.97 Å². The molecule has 2 heterocycles. The highest BCUT2D eigenvalue weighted by atomic mass is 16.2. The van der Waals surface area contributed by atoms with Gasteiger partial charge in [-0.15, -0.1) is 0 Å². The second-order valence-corrected chi connectivity index (χ2v) is 6.04. The molecule has 6 nitrogen and oxygen atoms in total. The van der Waals surface area contributed by atoms with Gasteiger partial charge >= 0.3 is 0 Å². The van der Waals surface area contributed by atoms with Crippen LogP contribution in [0.25, 0.3) is 0 Å². The highest BCUT2D eigenvalue weighted by Crippen LogP contribution is 2.14. The second-order valence-electron chi connectivity index (χ2n) is 6.04. The largest absolute Gasteiger partial charge is 0.340 e. The van der Waals surface area contributed by atoms with E-state index in [1.807, 2.05) is 49.4 Å². The highest BCUT2D eigenvalue weighted by Gasteiger charge is 2.15. The summed E-state index contributed by atoms with van der Waals surface area (Å²) in [7, 11) is 1.78. The Hall–Kier alpha value is -3.28. The monoisotopic (exact) mass is 347 g/mol. The molecule has 1 aromatic carbocycles. The minimum Gasteiger partial charge on any atom is -0.340 e. The van der Waals surface area contributed by atoms with E-state index in [0.717, 1.165) is 23.4 Å². The van der Waals surface area contributed by atoms with Gasteiger partial charge in [0, 0.05) is 37.4 Å². The van der Waals surface area contributed by atoms with Crippen molar-refractivity contribution in [1.29, 1.82) is 0 Å². The van der Waals surface area contributed by atoms with E-state index in [1.165, 1.54) is 0 Å². The maximum atomic E-state index is 12.7. The van der Waals surface area contributed by atoms with E-state index in [1.54, 1.807) is 30.4 Å². The Kier molecular flexibility index (Phi) is 5.53. The first-order valence-electron chi connectivity index (χ1n) is 8.44. The summed E-state index contributed by atoms with van der Waals surface area (Å²) in [5.41, 5.74) is 3.14. The van der Waals surface area contributed by atoms with Crippen LogP contribution in [0.4, 0.5) is 11.6 Å². The normalized spacial score (nSPS) is 10.4. The number of benzene rings is 1. The van der Waals surface area contributed by atoms with Crippen LogP contribution in [0.5, 0.6) is 0 Å². The number of carbonyl (C=O) groups excluding carboxylic acids is 1. The van der Waals surface area contributed by atoms with E-state index < -0.39 is 0 Å². The standard InChI is InChI=1S/C20H21N5O/c1-15-14-18(24-20(22-15)23-17-6-4-3-5-7-17)19(26)25(2)13-10-16-8-11-21-12-9-16/h3-9,11-12,14H,10,13H2,1-2H3,(H,22,23,24). The first-order valence-corrected chi connectivity index (χ1v) is 8.44. The number of pyridine rings is 1. The molecule has 132 valence electrons. The SMILES string of the molecule is Cc1cc(C(=O)N(C)CCc2ccncc2)nc(Nc2ccccc2)n1. The van der Waals surface area contributed by atoms with Crippen molar-refractivity contribution in [3.05, 3.63) is 77.9 Å². The first-order chi connectivity index (χ1) is 12.6. The van der Waals surface area contributed by atoms with Crippen molar-refractivity contribution in [2.45, 2.75) is 13.3 Å². The maximum Gasteiger partial charge on any atom is 0.272 e. The van der Waals surface area contributed by atoms with Gasteiger partial charge in [-0.2, -0.15) is 0 Å². The summed E-state index contributed by atoms with van der Waals surface area (Å²) < 4.78 is 0. The zero-order valence-electron chi connectivity index (χ0n) is 14.9. The third kappa shape index (κ3) is 4.63. The van der Waals surface area contributed by atoms with Crippen LogP contribution in [0.15, 0.2) is 60.9 Å². The summed E-state index contributed by atoms with van der Waals surface area (Å²) >= 11 is 0. The summed E-state index contributed by atoms with van der Waals surface area (Å²) in [6.45, 7) is 2.46. The number of aryl methyl sites for hydroxylation is 1. The zero-order valence-corrected chi connectivity index (χ0v) is 14.9. The van der Waals surface area contributed by atoms with Crippen LogP contribution in [-0.4, -0.2) is 39.4 Å². The zero-order chi connectivity index (χ0) is 18.4. The molecule has 0 aliphatic rings. The van der Waals surface area contributed by atoms with E-state index >= 15 is 0 Å². The molecule has 3 rings (SSSR count). The Balaban J connectivity index is 1.70. The van der Waals surface area contributed by atoms with Crippen molar-refractivity contribution < 1.29 is 4.79 Å². The van der Waals surface area contributed by atoms with Crippen LogP contribution >= 0.6 is 0 Å². The van der Waals surface area contributed by atoms with Gasteiger partial charge in [0.05, 0.1) is 0 Å². The number of hydrogen-bond donors (Lipinski definition) is 1. The molecule has 0 aliphatic heterocycles. The third-order valence-electron chi connectivity index (χ3n) is 3.94. The molecule has 26 heavy (non-hydrogen) atoms. The van der Waals surface area contributed by atoms with E-state index in [-0.39, 0.29) is 5.91 Å². The van der Waals surface area contributed by atoms with Crippen molar-refractivity contribution in [3.8, 4) is 0 Å². The molecule has 0 aliphatic carbocycles. The van der Waals surface area contributed by atoms with Gasteiger partial charge in [-0.3, -0.25) is 9.78 Å². The van der Waals surface area contributed by atoms with Crippen molar-refractivity contribution in [2.75, 3.05) is 18.9 Å². The molecule has 0 spiro atoms. The van der Waals surface area contributed by atoms with Crippen molar-refractivity contribution in [1.82, 2.24) is 19.9 Å². The van der Waals surface area contributed by atoms with Crippen molar-refractivity contribution in [2.24, 2.45) is 0 Å². The summed E-state index contributed by atoms with van der Waals surface area (Å²) in [5.74, 6) is 0.294. The van der Waals surface area contributed by atoms with Gasteiger partial charge in [0.15, 0.2) is 0 Å². The fourth-order valence-corrected chi connectivity index (χ4v) is 2.53. The number of nitrogens with zero attached hydrogens (tertiary/aromatic N) is 4. The number of anilines is 2. The van der Waals surface area contributed by atoms with Crippen LogP contribution < -0.4 is 5.32 Å². The molecular formula is C20H21N5O. The summed E-state index contributed by atoms with van der Waals surface area (Å²) in [5, 5.41) is 3.14. The molecule has 6 heteroatoms. The Bertz CT molecular complexity index is 868. The Labute approximate surface area is 153 Å². The van der Waals surface area contributed by atoms with E-state index in [0.29, 0.717) is 18.2 Å². The molecule has 0 radical (unpaired) electrons. The Morgan fingerprint density at radius 1 is 1.08 bits per heavy atom. The minimum absolute atomic E-state index is 0.124. The van der Waals surface area contributed by atoms with Gasteiger partial charge in [-0.1, -0.05) is 18.2 Å². The number of para-hydroxylation sites is 1. The summed E-state index contributed by atoms with van der Waals surface area (Å²) in [6, 6.07) is 15.3. The van der Waals surface area contributed by atoms with Crippen LogP contribution in [0.3, 0.4) is 0 Å². The number of aromatic nitrogens is 3.